The second-order valence-electron chi connectivity index (χ2n) is 7.55. The maximum absolute atomic E-state index is 5.42. The molecule has 0 spiro atoms. The number of H-pyrrole nitrogens is 1. The molecule has 0 aliphatic rings. The Labute approximate surface area is 204 Å². The molecule has 1 N–H and O–H groups in total. The van der Waals surface area contributed by atoms with Crippen molar-refractivity contribution in [3.05, 3.63) is 93.1 Å². The van der Waals surface area contributed by atoms with Crippen molar-refractivity contribution in [3.8, 4) is 11.4 Å². The van der Waals surface area contributed by atoms with E-state index in [-0.39, 0.29) is 6.79 Å². The summed E-state index contributed by atoms with van der Waals surface area (Å²) in [6.07, 6.45) is 0. The molecule has 32 heavy (non-hydrogen) atoms. The van der Waals surface area contributed by atoms with Gasteiger partial charge in [0.1, 0.15) is 5.75 Å². The summed E-state index contributed by atoms with van der Waals surface area (Å²) in [6, 6.07) is 24.9. The molecule has 5 aromatic rings. The van der Waals surface area contributed by atoms with Gasteiger partial charge in [-0.05, 0) is 86.6 Å². The number of nitrogens with zero attached hydrogens (tertiary/aromatic N) is 1. The summed E-state index contributed by atoms with van der Waals surface area (Å²) < 4.78 is 14.8. The van der Waals surface area contributed by atoms with E-state index < -0.39 is 0 Å². The van der Waals surface area contributed by atoms with Crippen LogP contribution in [0.5, 0.6) is 5.75 Å². The topological polar surface area (TPSA) is 39.2 Å². The lowest BCUT2D eigenvalue weighted by molar-refractivity contribution is 0.0511. The predicted octanol–water partition coefficient (Wildman–Crippen LogP) is 7.92. The first-order chi connectivity index (χ1) is 15.4. The van der Waals surface area contributed by atoms with Gasteiger partial charge in [0.05, 0.1) is 5.52 Å². The second-order valence-corrected chi connectivity index (χ2v) is 9.38. The van der Waals surface area contributed by atoms with Crippen molar-refractivity contribution >= 4 is 53.7 Å². The van der Waals surface area contributed by atoms with Crippen molar-refractivity contribution in [1.29, 1.82) is 0 Å². The average Bonchev–Trinajstić information content (AvgIpc) is 3.30. The van der Waals surface area contributed by atoms with Crippen LogP contribution in [-0.2, 0) is 4.74 Å². The van der Waals surface area contributed by atoms with E-state index in [1.807, 2.05) is 18.2 Å². The minimum Gasteiger partial charge on any atom is -0.468 e. The van der Waals surface area contributed by atoms with Gasteiger partial charge in [0, 0.05) is 49.4 Å². The standard InChI is InChI=1S/C17H16BrNO2.C9H8BrN/c1-12-9-13-10-14(18)3-8-17(13)19(12)15-4-6-16(7-5-15)21-11-20-2;1-6-4-7-5-8(10)2-3-9(7)11-6/h3-10H,11H2,1-2H3;2-5,11H,1H3. The van der Waals surface area contributed by atoms with E-state index in [0.29, 0.717) is 0 Å². The minimum absolute atomic E-state index is 0.263. The quantitative estimate of drug-likeness (QED) is 0.229. The molecule has 3 aromatic carbocycles. The van der Waals surface area contributed by atoms with Gasteiger partial charge in [-0.3, -0.25) is 0 Å². The van der Waals surface area contributed by atoms with Crippen molar-refractivity contribution in [2.24, 2.45) is 0 Å². The molecule has 0 bridgehead atoms. The van der Waals surface area contributed by atoms with Crippen LogP contribution in [-0.4, -0.2) is 23.5 Å². The number of halogens is 2. The second kappa shape index (κ2) is 9.94. The number of benzene rings is 3. The first kappa shape index (κ1) is 22.6. The first-order valence-electron chi connectivity index (χ1n) is 10.2. The first-order valence-corrected chi connectivity index (χ1v) is 11.8. The number of rotatable bonds is 4. The Balaban J connectivity index is 0.000000186. The van der Waals surface area contributed by atoms with Crippen LogP contribution in [0.3, 0.4) is 0 Å². The molecule has 0 aliphatic carbocycles. The molecule has 0 unspecified atom stereocenters. The summed E-state index contributed by atoms with van der Waals surface area (Å²) in [4.78, 5) is 3.26. The lowest BCUT2D eigenvalue weighted by atomic mass is 10.2. The van der Waals surface area contributed by atoms with Gasteiger partial charge in [-0.15, -0.1) is 0 Å². The Bertz CT molecular complexity index is 1350. The van der Waals surface area contributed by atoms with Crippen molar-refractivity contribution in [2.45, 2.75) is 13.8 Å². The van der Waals surface area contributed by atoms with E-state index in [1.54, 1.807) is 7.11 Å². The number of aromatic nitrogens is 2. The van der Waals surface area contributed by atoms with E-state index in [0.717, 1.165) is 20.4 Å². The Morgan fingerprint density at radius 1 is 0.812 bits per heavy atom. The number of aromatic amines is 1. The fourth-order valence-electron chi connectivity index (χ4n) is 3.73. The van der Waals surface area contributed by atoms with Crippen LogP contribution in [0.25, 0.3) is 27.5 Å². The molecule has 164 valence electrons. The SMILES string of the molecule is COCOc1ccc(-n2c(C)cc3cc(Br)ccc32)cc1.Cc1cc2cc(Br)ccc2[nH]1. The summed E-state index contributed by atoms with van der Waals surface area (Å²) in [5.74, 6) is 0.803. The van der Waals surface area contributed by atoms with Gasteiger partial charge in [0.2, 0.25) is 0 Å². The van der Waals surface area contributed by atoms with E-state index in [4.69, 9.17) is 9.47 Å². The zero-order chi connectivity index (χ0) is 22.7. The molecule has 0 saturated heterocycles. The van der Waals surface area contributed by atoms with E-state index in [9.17, 15) is 0 Å². The molecule has 0 radical (unpaired) electrons. The zero-order valence-electron chi connectivity index (χ0n) is 18.2. The normalized spacial score (nSPS) is 10.9. The number of nitrogens with one attached hydrogen (secondary N) is 1. The Morgan fingerprint density at radius 3 is 2.22 bits per heavy atom. The van der Waals surface area contributed by atoms with Gasteiger partial charge >= 0.3 is 0 Å². The van der Waals surface area contributed by atoms with E-state index in [1.165, 1.54) is 33.2 Å². The summed E-state index contributed by atoms with van der Waals surface area (Å²) in [5, 5.41) is 2.48. The van der Waals surface area contributed by atoms with E-state index in [2.05, 4.69) is 110 Å². The summed E-state index contributed by atoms with van der Waals surface area (Å²) >= 11 is 6.95. The Kier molecular flexibility index (Phi) is 7.04. The third kappa shape index (κ3) is 5.09. The zero-order valence-corrected chi connectivity index (χ0v) is 21.3. The van der Waals surface area contributed by atoms with Gasteiger partial charge < -0.3 is 19.0 Å². The summed E-state index contributed by atoms with van der Waals surface area (Å²) in [7, 11) is 1.61. The van der Waals surface area contributed by atoms with Gasteiger partial charge in [-0.1, -0.05) is 31.9 Å². The smallest absolute Gasteiger partial charge is 0.188 e. The maximum Gasteiger partial charge on any atom is 0.188 e. The predicted molar refractivity (Wildman–Crippen MR) is 139 cm³/mol. The lowest BCUT2D eigenvalue weighted by Gasteiger charge is -2.10. The molecule has 0 saturated carbocycles. The van der Waals surface area contributed by atoms with E-state index >= 15 is 0 Å². The highest BCUT2D eigenvalue weighted by Gasteiger charge is 2.08. The number of hydrogen-bond donors (Lipinski definition) is 1. The molecule has 6 heteroatoms. The number of fused-ring (bicyclic) bond motifs is 2. The van der Waals surface area contributed by atoms with Crippen LogP contribution in [0, 0.1) is 13.8 Å². The van der Waals surface area contributed by atoms with Crippen LogP contribution in [0.4, 0.5) is 0 Å². The van der Waals surface area contributed by atoms with Crippen molar-refractivity contribution in [2.75, 3.05) is 13.9 Å². The molecule has 0 atom stereocenters. The molecule has 2 heterocycles. The number of aryl methyl sites for hydroxylation is 2. The van der Waals surface area contributed by atoms with Crippen LogP contribution in [0.1, 0.15) is 11.4 Å². The summed E-state index contributed by atoms with van der Waals surface area (Å²) in [6.45, 7) is 4.44. The van der Waals surface area contributed by atoms with Crippen LogP contribution < -0.4 is 4.74 Å². The highest BCUT2D eigenvalue weighted by atomic mass is 79.9. The van der Waals surface area contributed by atoms with Crippen LogP contribution >= 0.6 is 31.9 Å². The van der Waals surface area contributed by atoms with Gasteiger partial charge in [-0.2, -0.15) is 0 Å². The highest BCUT2D eigenvalue weighted by molar-refractivity contribution is 9.10. The number of ether oxygens (including phenoxy) is 2. The number of hydrogen-bond acceptors (Lipinski definition) is 2. The number of methoxy groups -OCH3 is 1. The van der Waals surface area contributed by atoms with Crippen LogP contribution in [0.15, 0.2) is 81.7 Å². The molecule has 5 rings (SSSR count). The molecule has 2 aromatic heterocycles. The van der Waals surface area contributed by atoms with Gasteiger partial charge in [0.15, 0.2) is 6.79 Å². The molecule has 0 amide bonds. The fourth-order valence-corrected chi connectivity index (χ4v) is 4.49. The lowest BCUT2D eigenvalue weighted by Crippen LogP contribution is -2.00. The van der Waals surface area contributed by atoms with Gasteiger partial charge in [0.25, 0.3) is 0 Å². The fraction of sp³-hybridized carbons (Fsp3) is 0.154. The monoisotopic (exact) mass is 554 g/mol. The Morgan fingerprint density at radius 2 is 1.50 bits per heavy atom. The van der Waals surface area contributed by atoms with Crippen LogP contribution in [0.2, 0.25) is 0 Å². The van der Waals surface area contributed by atoms with Gasteiger partial charge in [-0.25, -0.2) is 0 Å². The third-order valence-corrected chi connectivity index (χ3v) is 6.09. The molecule has 0 aliphatic heterocycles. The molecule has 4 nitrogen and oxygen atoms in total. The molecular formula is C26H24Br2N2O2. The Hall–Kier alpha value is -2.54. The van der Waals surface area contributed by atoms with Crippen molar-refractivity contribution in [3.63, 3.8) is 0 Å². The van der Waals surface area contributed by atoms with Crippen molar-refractivity contribution in [1.82, 2.24) is 9.55 Å². The third-order valence-electron chi connectivity index (χ3n) is 5.10. The molecular weight excluding hydrogens is 532 g/mol. The summed E-state index contributed by atoms with van der Waals surface area (Å²) in [5.41, 5.74) is 5.92. The molecule has 0 fully saturated rings. The minimum atomic E-state index is 0.263. The maximum atomic E-state index is 5.42. The average molecular weight is 556 g/mol. The van der Waals surface area contributed by atoms with Crippen molar-refractivity contribution < 1.29 is 9.47 Å². The largest absolute Gasteiger partial charge is 0.468 e. The highest BCUT2D eigenvalue weighted by Crippen LogP contribution is 2.27.